The fourth-order valence-electron chi connectivity index (χ4n) is 1.75. The molecule has 0 radical (unpaired) electrons. The molecule has 0 saturated carbocycles. The molecule has 100 valence electrons. The van der Waals surface area contributed by atoms with Crippen LogP contribution in [0.15, 0.2) is 36.7 Å². The molecule has 1 aromatic heterocycles. The first-order valence-corrected chi connectivity index (χ1v) is 6.25. The first kappa shape index (κ1) is 13.3. The van der Waals surface area contributed by atoms with E-state index >= 15 is 0 Å². The summed E-state index contributed by atoms with van der Waals surface area (Å²) < 4.78 is 1.74. The van der Waals surface area contributed by atoms with Gasteiger partial charge in [-0.2, -0.15) is 5.10 Å². The van der Waals surface area contributed by atoms with Gasteiger partial charge < -0.3 is 11.1 Å². The zero-order valence-corrected chi connectivity index (χ0v) is 11.1. The van der Waals surface area contributed by atoms with E-state index in [-0.39, 0.29) is 5.91 Å². The molecule has 19 heavy (non-hydrogen) atoms. The van der Waals surface area contributed by atoms with Crippen molar-refractivity contribution in [2.24, 2.45) is 5.73 Å². The van der Waals surface area contributed by atoms with Crippen molar-refractivity contribution >= 4 is 11.6 Å². The predicted octanol–water partition coefficient (Wildman–Crippen LogP) is 1.85. The van der Waals surface area contributed by atoms with Crippen LogP contribution in [0.5, 0.6) is 0 Å². The van der Waals surface area contributed by atoms with E-state index in [2.05, 4.69) is 10.4 Å². The number of nitrogens with one attached hydrogen (secondary N) is 1. The van der Waals surface area contributed by atoms with Gasteiger partial charge in [0.2, 0.25) is 5.91 Å². The number of rotatable bonds is 4. The van der Waals surface area contributed by atoms with Crippen molar-refractivity contribution in [1.82, 2.24) is 9.78 Å². The summed E-state index contributed by atoms with van der Waals surface area (Å²) in [6.45, 7) is 4.74. The number of nitrogens with zero attached hydrogens (tertiary/aromatic N) is 2. The van der Waals surface area contributed by atoms with E-state index in [4.69, 9.17) is 5.73 Å². The Bertz CT molecular complexity index is 559. The number of amides is 1. The summed E-state index contributed by atoms with van der Waals surface area (Å²) in [6.07, 6.45) is 3.39. The van der Waals surface area contributed by atoms with Gasteiger partial charge in [0.25, 0.3) is 0 Å². The summed E-state index contributed by atoms with van der Waals surface area (Å²) >= 11 is 0. The van der Waals surface area contributed by atoms with Crippen LogP contribution in [0.25, 0.3) is 0 Å². The van der Waals surface area contributed by atoms with E-state index in [0.29, 0.717) is 5.69 Å². The number of hydrogen-bond donors (Lipinski definition) is 2. The number of hydrogen-bond acceptors (Lipinski definition) is 3. The summed E-state index contributed by atoms with van der Waals surface area (Å²) in [5, 5.41) is 6.85. The first-order chi connectivity index (χ1) is 9.10. The number of aryl methyl sites for hydroxylation is 2. The van der Waals surface area contributed by atoms with Gasteiger partial charge >= 0.3 is 0 Å². The van der Waals surface area contributed by atoms with Gasteiger partial charge in [0.1, 0.15) is 6.04 Å². The molecule has 5 heteroatoms. The van der Waals surface area contributed by atoms with E-state index < -0.39 is 6.04 Å². The highest BCUT2D eigenvalue weighted by atomic mass is 16.2. The third kappa shape index (κ3) is 3.20. The highest BCUT2D eigenvalue weighted by Crippen LogP contribution is 2.14. The lowest BCUT2D eigenvalue weighted by molar-refractivity contribution is -0.117. The van der Waals surface area contributed by atoms with Crippen LogP contribution in [0.3, 0.4) is 0 Å². The van der Waals surface area contributed by atoms with Gasteiger partial charge in [0, 0.05) is 12.7 Å². The van der Waals surface area contributed by atoms with Crippen LogP contribution in [-0.2, 0) is 11.3 Å². The quantitative estimate of drug-likeness (QED) is 0.879. The molecule has 0 saturated heterocycles. The molecular formula is C14H18N4O. The largest absolute Gasteiger partial charge is 0.322 e. The highest BCUT2D eigenvalue weighted by molar-refractivity contribution is 5.95. The minimum atomic E-state index is -0.675. The van der Waals surface area contributed by atoms with Crippen LogP contribution in [0, 0.1) is 6.92 Å². The molecular weight excluding hydrogens is 240 g/mol. The molecule has 0 spiro atoms. The SMILES string of the molecule is CCn1cc(NC(=O)C(N)c2ccc(C)cc2)cn1. The van der Waals surface area contributed by atoms with Gasteiger partial charge in [-0.15, -0.1) is 0 Å². The van der Waals surface area contributed by atoms with E-state index in [1.807, 2.05) is 38.1 Å². The maximum atomic E-state index is 12.0. The standard InChI is InChI=1S/C14H18N4O/c1-3-18-9-12(8-16-18)17-14(19)13(15)11-6-4-10(2)5-7-11/h4-9,13H,3,15H2,1-2H3,(H,17,19). The molecule has 0 aliphatic carbocycles. The molecule has 2 aromatic rings. The van der Waals surface area contributed by atoms with Crippen molar-refractivity contribution in [3.05, 3.63) is 47.8 Å². The lowest BCUT2D eigenvalue weighted by Gasteiger charge is -2.11. The third-order valence-electron chi connectivity index (χ3n) is 2.94. The molecule has 1 atom stereocenters. The van der Waals surface area contributed by atoms with Crippen molar-refractivity contribution in [3.8, 4) is 0 Å². The lowest BCUT2D eigenvalue weighted by Crippen LogP contribution is -2.27. The maximum absolute atomic E-state index is 12.0. The predicted molar refractivity (Wildman–Crippen MR) is 74.6 cm³/mol. The van der Waals surface area contributed by atoms with Crippen LogP contribution >= 0.6 is 0 Å². The fourth-order valence-corrected chi connectivity index (χ4v) is 1.75. The monoisotopic (exact) mass is 258 g/mol. The summed E-state index contributed by atoms with van der Waals surface area (Å²) in [5.74, 6) is -0.237. The number of nitrogens with two attached hydrogens (primary N) is 1. The second-order valence-corrected chi connectivity index (χ2v) is 4.46. The number of carbonyl (C=O) groups is 1. The zero-order valence-electron chi connectivity index (χ0n) is 11.1. The van der Waals surface area contributed by atoms with E-state index in [1.165, 1.54) is 0 Å². The van der Waals surface area contributed by atoms with Crippen molar-refractivity contribution in [2.45, 2.75) is 26.4 Å². The Morgan fingerprint density at radius 3 is 2.68 bits per heavy atom. The highest BCUT2D eigenvalue weighted by Gasteiger charge is 2.16. The first-order valence-electron chi connectivity index (χ1n) is 6.25. The molecule has 1 amide bonds. The smallest absolute Gasteiger partial charge is 0.245 e. The lowest BCUT2D eigenvalue weighted by atomic mass is 10.1. The average molecular weight is 258 g/mol. The van der Waals surface area contributed by atoms with E-state index in [0.717, 1.165) is 17.7 Å². The Kier molecular flexibility index (Phi) is 3.97. The second-order valence-electron chi connectivity index (χ2n) is 4.46. The Morgan fingerprint density at radius 2 is 2.11 bits per heavy atom. The summed E-state index contributed by atoms with van der Waals surface area (Å²) in [6, 6.07) is 6.95. The van der Waals surface area contributed by atoms with Gasteiger partial charge in [-0.05, 0) is 19.4 Å². The van der Waals surface area contributed by atoms with Crippen LogP contribution in [0.4, 0.5) is 5.69 Å². The Balaban J connectivity index is 2.04. The van der Waals surface area contributed by atoms with E-state index in [1.54, 1.807) is 17.1 Å². The molecule has 2 rings (SSSR count). The van der Waals surface area contributed by atoms with Crippen LogP contribution in [0.1, 0.15) is 24.1 Å². The third-order valence-corrected chi connectivity index (χ3v) is 2.94. The Labute approximate surface area is 112 Å². The number of aromatic nitrogens is 2. The van der Waals surface area contributed by atoms with Crippen molar-refractivity contribution < 1.29 is 4.79 Å². The Hall–Kier alpha value is -2.14. The normalized spacial score (nSPS) is 12.2. The number of benzene rings is 1. The van der Waals surface area contributed by atoms with Gasteiger partial charge in [-0.25, -0.2) is 0 Å². The van der Waals surface area contributed by atoms with Crippen LogP contribution in [0.2, 0.25) is 0 Å². The molecule has 5 nitrogen and oxygen atoms in total. The molecule has 0 bridgehead atoms. The fraction of sp³-hybridized carbons (Fsp3) is 0.286. The van der Waals surface area contributed by atoms with Gasteiger partial charge in [-0.1, -0.05) is 29.8 Å². The molecule has 0 aliphatic heterocycles. The molecule has 0 fully saturated rings. The van der Waals surface area contributed by atoms with E-state index in [9.17, 15) is 4.79 Å². The van der Waals surface area contributed by atoms with Crippen molar-refractivity contribution in [3.63, 3.8) is 0 Å². The zero-order chi connectivity index (χ0) is 13.8. The second kappa shape index (κ2) is 5.67. The van der Waals surface area contributed by atoms with Crippen molar-refractivity contribution in [2.75, 3.05) is 5.32 Å². The maximum Gasteiger partial charge on any atom is 0.245 e. The molecule has 1 heterocycles. The average Bonchev–Trinajstić information content (AvgIpc) is 2.86. The number of anilines is 1. The molecule has 1 unspecified atom stereocenters. The molecule has 3 N–H and O–H groups in total. The van der Waals surface area contributed by atoms with Crippen molar-refractivity contribution in [1.29, 1.82) is 0 Å². The number of carbonyl (C=O) groups excluding carboxylic acids is 1. The Morgan fingerprint density at radius 1 is 1.42 bits per heavy atom. The summed E-state index contributed by atoms with van der Waals surface area (Å²) in [4.78, 5) is 12.0. The van der Waals surface area contributed by atoms with Gasteiger partial charge in [0.05, 0.1) is 11.9 Å². The summed E-state index contributed by atoms with van der Waals surface area (Å²) in [5.41, 5.74) is 8.53. The molecule has 0 aliphatic rings. The van der Waals surface area contributed by atoms with Crippen LogP contribution in [-0.4, -0.2) is 15.7 Å². The topological polar surface area (TPSA) is 72.9 Å². The van der Waals surface area contributed by atoms with Crippen LogP contribution < -0.4 is 11.1 Å². The van der Waals surface area contributed by atoms with Gasteiger partial charge in [-0.3, -0.25) is 9.48 Å². The minimum Gasteiger partial charge on any atom is -0.322 e. The molecule has 1 aromatic carbocycles. The minimum absolute atomic E-state index is 0.237. The summed E-state index contributed by atoms with van der Waals surface area (Å²) in [7, 11) is 0. The van der Waals surface area contributed by atoms with Gasteiger partial charge in [0.15, 0.2) is 0 Å².